The number of halogens is 1. The van der Waals surface area contributed by atoms with Gasteiger partial charge in [0.15, 0.2) is 0 Å². The fraction of sp³-hybridized carbons (Fsp3) is 0.294. The lowest BCUT2D eigenvalue weighted by atomic mass is 10.1. The average molecular weight is 289 g/mol. The number of rotatable bonds is 4. The standard InChI is InChI=1S/C17H21ClN2/c1-12-8-9-13(2)14(10-12)11-19-16-7-5-6-15(18)17(16)20(3)4/h5-10,19H,11H2,1-4H3. The molecule has 0 aliphatic rings. The average Bonchev–Trinajstić information content (AvgIpc) is 2.39. The van der Waals surface area contributed by atoms with E-state index in [-0.39, 0.29) is 0 Å². The van der Waals surface area contributed by atoms with E-state index in [0.717, 1.165) is 22.9 Å². The van der Waals surface area contributed by atoms with Crippen molar-refractivity contribution in [2.75, 3.05) is 24.3 Å². The first-order valence-corrected chi connectivity index (χ1v) is 7.12. The lowest BCUT2D eigenvalue weighted by molar-refractivity contribution is 1.08. The Morgan fingerprint density at radius 2 is 1.85 bits per heavy atom. The maximum absolute atomic E-state index is 6.28. The topological polar surface area (TPSA) is 15.3 Å². The van der Waals surface area contributed by atoms with E-state index in [0.29, 0.717) is 0 Å². The molecule has 1 N–H and O–H groups in total. The second-order valence-electron chi connectivity index (χ2n) is 5.31. The van der Waals surface area contributed by atoms with Crippen LogP contribution in [0.1, 0.15) is 16.7 Å². The van der Waals surface area contributed by atoms with Crippen LogP contribution >= 0.6 is 11.6 Å². The highest BCUT2D eigenvalue weighted by Gasteiger charge is 2.09. The number of aryl methyl sites for hydroxylation is 2. The molecule has 2 aromatic carbocycles. The molecule has 0 bridgehead atoms. The maximum atomic E-state index is 6.28. The van der Waals surface area contributed by atoms with Gasteiger partial charge in [-0.3, -0.25) is 0 Å². The molecule has 2 nitrogen and oxygen atoms in total. The molecule has 0 aliphatic carbocycles. The van der Waals surface area contributed by atoms with E-state index in [4.69, 9.17) is 11.6 Å². The highest BCUT2D eigenvalue weighted by atomic mass is 35.5. The summed E-state index contributed by atoms with van der Waals surface area (Å²) in [5.74, 6) is 0. The van der Waals surface area contributed by atoms with Gasteiger partial charge < -0.3 is 10.2 Å². The smallest absolute Gasteiger partial charge is 0.0786 e. The van der Waals surface area contributed by atoms with Crippen molar-refractivity contribution in [3.05, 3.63) is 58.1 Å². The molecule has 0 radical (unpaired) electrons. The Hall–Kier alpha value is -1.67. The lowest BCUT2D eigenvalue weighted by Gasteiger charge is -2.20. The van der Waals surface area contributed by atoms with Crippen LogP contribution < -0.4 is 10.2 Å². The van der Waals surface area contributed by atoms with Gasteiger partial charge in [0, 0.05) is 20.6 Å². The SMILES string of the molecule is Cc1ccc(C)c(CNc2cccc(Cl)c2N(C)C)c1. The molecule has 106 valence electrons. The molecule has 0 spiro atoms. The molecular formula is C17H21ClN2. The van der Waals surface area contributed by atoms with Gasteiger partial charge in [0.2, 0.25) is 0 Å². The molecule has 2 rings (SSSR count). The van der Waals surface area contributed by atoms with Crippen molar-refractivity contribution in [3.8, 4) is 0 Å². The minimum atomic E-state index is 0.765. The predicted molar refractivity (Wildman–Crippen MR) is 89.0 cm³/mol. The summed E-state index contributed by atoms with van der Waals surface area (Å²) in [7, 11) is 4.01. The van der Waals surface area contributed by atoms with E-state index in [1.807, 2.05) is 31.1 Å². The van der Waals surface area contributed by atoms with E-state index in [1.165, 1.54) is 16.7 Å². The molecule has 0 saturated heterocycles. The van der Waals surface area contributed by atoms with Crippen LogP contribution in [-0.2, 0) is 6.54 Å². The lowest BCUT2D eigenvalue weighted by Crippen LogP contribution is -2.13. The summed E-state index contributed by atoms with van der Waals surface area (Å²) in [6.07, 6.45) is 0. The molecule has 0 fully saturated rings. The number of nitrogens with one attached hydrogen (secondary N) is 1. The first-order valence-electron chi connectivity index (χ1n) is 6.75. The Bertz CT molecular complexity index is 606. The van der Waals surface area contributed by atoms with Crippen LogP contribution in [0.25, 0.3) is 0 Å². The Morgan fingerprint density at radius 3 is 2.55 bits per heavy atom. The van der Waals surface area contributed by atoms with Crippen LogP contribution in [0.3, 0.4) is 0 Å². The summed E-state index contributed by atoms with van der Waals surface area (Å²) < 4.78 is 0. The Labute approximate surface area is 126 Å². The summed E-state index contributed by atoms with van der Waals surface area (Å²) in [6.45, 7) is 5.06. The highest BCUT2D eigenvalue weighted by Crippen LogP contribution is 2.32. The van der Waals surface area contributed by atoms with Crippen LogP contribution in [0.4, 0.5) is 11.4 Å². The molecule has 0 aliphatic heterocycles. The Balaban J connectivity index is 2.23. The molecule has 3 heteroatoms. The summed E-state index contributed by atoms with van der Waals surface area (Å²) in [5, 5.41) is 4.26. The van der Waals surface area contributed by atoms with Gasteiger partial charge in [-0.25, -0.2) is 0 Å². The monoisotopic (exact) mass is 288 g/mol. The van der Waals surface area contributed by atoms with Crippen molar-refractivity contribution in [3.63, 3.8) is 0 Å². The first kappa shape index (κ1) is 14.7. The maximum Gasteiger partial charge on any atom is 0.0786 e. The van der Waals surface area contributed by atoms with E-state index in [9.17, 15) is 0 Å². The molecule has 0 atom stereocenters. The van der Waals surface area contributed by atoms with Crippen molar-refractivity contribution in [2.45, 2.75) is 20.4 Å². The number of benzene rings is 2. The molecule has 0 saturated carbocycles. The van der Waals surface area contributed by atoms with Gasteiger partial charge in [0.1, 0.15) is 0 Å². The Kier molecular flexibility index (Phi) is 4.56. The first-order chi connectivity index (χ1) is 9.49. The van der Waals surface area contributed by atoms with Gasteiger partial charge >= 0.3 is 0 Å². The third-order valence-corrected chi connectivity index (χ3v) is 3.71. The highest BCUT2D eigenvalue weighted by molar-refractivity contribution is 6.34. The van der Waals surface area contributed by atoms with Gasteiger partial charge in [-0.2, -0.15) is 0 Å². The molecule has 0 heterocycles. The molecular weight excluding hydrogens is 268 g/mol. The van der Waals surface area contributed by atoms with E-state index in [1.54, 1.807) is 0 Å². The predicted octanol–water partition coefficient (Wildman–Crippen LogP) is 4.63. The molecule has 20 heavy (non-hydrogen) atoms. The van der Waals surface area contributed by atoms with Crippen molar-refractivity contribution in [1.29, 1.82) is 0 Å². The third kappa shape index (κ3) is 3.26. The molecule has 0 amide bonds. The van der Waals surface area contributed by atoms with Gasteiger partial charge in [-0.15, -0.1) is 0 Å². The number of nitrogens with zero attached hydrogens (tertiary/aromatic N) is 1. The van der Waals surface area contributed by atoms with Crippen molar-refractivity contribution in [1.82, 2.24) is 0 Å². The summed E-state index contributed by atoms with van der Waals surface area (Å²) in [4.78, 5) is 2.04. The van der Waals surface area contributed by atoms with Crippen LogP contribution in [-0.4, -0.2) is 14.1 Å². The summed E-state index contributed by atoms with van der Waals surface area (Å²) in [6, 6.07) is 12.5. The van der Waals surface area contributed by atoms with Gasteiger partial charge in [-0.05, 0) is 37.1 Å². The normalized spacial score (nSPS) is 10.4. The number of anilines is 2. The zero-order valence-electron chi connectivity index (χ0n) is 12.5. The minimum absolute atomic E-state index is 0.765. The largest absolute Gasteiger partial charge is 0.379 e. The second kappa shape index (κ2) is 6.19. The quantitative estimate of drug-likeness (QED) is 0.882. The van der Waals surface area contributed by atoms with Crippen LogP contribution in [0.5, 0.6) is 0 Å². The van der Waals surface area contributed by atoms with Gasteiger partial charge in [0.25, 0.3) is 0 Å². The van der Waals surface area contributed by atoms with Crippen molar-refractivity contribution in [2.24, 2.45) is 0 Å². The number of hydrogen-bond donors (Lipinski definition) is 1. The summed E-state index contributed by atoms with van der Waals surface area (Å²) >= 11 is 6.28. The van der Waals surface area contributed by atoms with Gasteiger partial charge in [0.05, 0.1) is 16.4 Å². The van der Waals surface area contributed by atoms with Crippen LogP contribution in [0.15, 0.2) is 36.4 Å². The van der Waals surface area contributed by atoms with Crippen LogP contribution in [0.2, 0.25) is 5.02 Å². The van der Waals surface area contributed by atoms with Gasteiger partial charge in [-0.1, -0.05) is 41.4 Å². The molecule has 2 aromatic rings. The third-order valence-electron chi connectivity index (χ3n) is 3.41. The van der Waals surface area contributed by atoms with E-state index < -0.39 is 0 Å². The van der Waals surface area contributed by atoms with Crippen molar-refractivity contribution >= 4 is 23.0 Å². The fourth-order valence-electron chi connectivity index (χ4n) is 2.29. The molecule has 0 aromatic heterocycles. The minimum Gasteiger partial charge on any atom is -0.379 e. The zero-order chi connectivity index (χ0) is 14.7. The van der Waals surface area contributed by atoms with Crippen molar-refractivity contribution < 1.29 is 0 Å². The van der Waals surface area contributed by atoms with E-state index >= 15 is 0 Å². The Morgan fingerprint density at radius 1 is 1.10 bits per heavy atom. The van der Waals surface area contributed by atoms with Crippen LogP contribution in [0, 0.1) is 13.8 Å². The fourth-order valence-corrected chi connectivity index (χ4v) is 2.64. The number of hydrogen-bond acceptors (Lipinski definition) is 2. The van der Waals surface area contributed by atoms with E-state index in [2.05, 4.69) is 43.4 Å². The second-order valence-corrected chi connectivity index (χ2v) is 5.72. The number of para-hydroxylation sites is 1. The molecule has 0 unspecified atom stereocenters. The summed E-state index contributed by atoms with van der Waals surface area (Å²) in [5.41, 5.74) is 5.99. The zero-order valence-corrected chi connectivity index (χ0v) is 13.3.